The fraction of sp³-hybridized carbons (Fsp3) is 0.158. The number of anilines is 1. The van der Waals surface area contributed by atoms with Gasteiger partial charge in [0.25, 0.3) is 5.91 Å². The van der Waals surface area contributed by atoms with E-state index in [-0.39, 0.29) is 0 Å². The van der Waals surface area contributed by atoms with Crippen LogP contribution in [0.4, 0.5) is 5.69 Å². The Balaban J connectivity index is 1.91. The second-order valence-electron chi connectivity index (χ2n) is 5.23. The lowest BCUT2D eigenvalue weighted by Gasteiger charge is -2.07. The van der Waals surface area contributed by atoms with Gasteiger partial charge in [0.15, 0.2) is 6.61 Å². The average Bonchev–Trinajstić information content (AvgIpc) is 2.67. The molecule has 27 heavy (non-hydrogen) atoms. The molecule has 0 aliphatic heterocycles. The van der Waals surface area contributed by atoms with Crippen LogP contribution in [0.25, 0.3) is 6.08 Å². The van der Waals surface area contributed by atoms with Crippen molar-refractivity contribution in [2.75, 3.05) is 26.1 Å². The van der Waals surface area contributed by atoms with E-state index in [4.69, 9.17) is 37.4 Å². The number of carbonyl (C=O) groups is 2. The van der Waals surface area contributed by atoms with E-state index >= 15 is 0 Å². The summed E-state index contributed by atoms with van der Waals surface area (Å²) in [5.41, 5.74) is 1.08. The summed E-state index contributed by atoms with van der Waals surface area (Å²) in [7, 11) is 3.06. The first kappa shape index (κ1) is 20.6. The number of amides is 1. The lowest BCUT2D eigenvalue weighted by molar-refractivity contribution is -0.142. The van der Waals surface area contributed by atoms with Crippen molar-refractivity contribution in [3.05, 3.63) is 58.1 Å². The summed E-state index contributed by atoms with van der Waals surface area (Å²) in [6.07, 6.45) is 2.71. The van der Waals surface area contributed by atoms with E-state index in [2.05, 4.69) is 5.32 Å². The van der Waals surface area contributed by atoms with E-state index in [9.17, 15) is 9.59 Å². The molecule has 2 rings (SSSR count). The number of methoxy groups -OCH3 is 2. The van der Waals surface area contributed by atoms with Crippen LogP contribution in [-0.2, 0) is 14.3 Å². The Bertz CT molecular complexity index is 867. The molecule has 0 saturated carbocycles. The molecule has 0 aliphatic carbocycles. The van der Waals surface area contributed by atoms with Crippen LogP contribution < -0.4 is 14.8 Å². The molecule has 8 heteroatoms. The third-order valence-electron chi connectivity index (χ3n) is 3.38. The molecule has 142 valence electrons. The molecule has 0 radical (unpaired) electrons. The molecule has 2 aromatic rings. The Morgan fingerprint density at radius 1 is 1.04 bits per heavy atom. The maximum Gasteiger partial charge on any atom is 0.331 e. The van der Waals surface area contributed by atoms with Gasteiger partial charge in [-0.25, -0.2) is 4.79 Å². The Kier molecular flexibility index (Phi) is 7.52. The number of halogens is 2. The SMILES string of the molecule is COc1ccc(OC)c(/C=C/C(=O)OCC(=O)Nc2ccc(Cl)c(Cl)c2)c1. The number of benzene rings is 2. The standard InChI is InChI=1S/C19H17Cl2NO5/c1-25-14-5-7-17(26-2)12(9-14)3-8-19(24)27-11-18(23)22-13-4-6-15(20)16(21)10-13/h3-10H,11H2,1-2H3,(H,22,23)/b8-3+. The molecule has 0 fully saturated rings. The molecule has 0 bridgehead atoms. The molecule has 2 aromatic carbocycles. The van der Waals surface area contributed by atoms with Gasteiger partial charge in [0.05, 0.1) is 24.3 Å². The highest BCUT2D eigenvalue weighted by Crippen LogP contribution is 2.26. The molecule has 0 aromatic heterocycles. The van der Waals surface area contributed by atoms with Gasteiger partial charge in [-0.15, -0.1) is 0 Å². The fourth-order valence-corrected chi connectivity index (χ4v) is 2.38. The molecule has 6 nitrogen and oxygen atoms in total. The van der Waals surface area contributed by atoms with E-state index in [0.717, 1.165) is 0 Å². The average molecular weight is 410 g/mol. The van der Waals surface area contributed by atoms with Gasteiger partial charge >= 0.3 is 5.97 Å². The Hall–Kier alpha value is -2.70. The number of esters is 1. The molecule has 0 unspecified atom stereocenters. The summed E-state index contributed by atoms with van der Waals surface area (Å²) in [5.74, 6) is 0.000270. The third-order valence-corrected chi connectivity index (χ3v) is 4.12. The number of rotatable bonds is 7. The van der Waals surface area contributed by atoms with Gasteiger partial charge in [-0.1, -0.05) is 23.2 Å². The van der Waals surface area contributed by atoms with Crippen LogP contribution in [-0.4, -0.2) is 32.7 Å². The smallest absolute Gasteiger partial charge is 0.331 e. The van der Waals surface area contributed by atoms with Gasteiger partial charge in [-0.05, 0) is 42.5 Å². The van der Waals surface area contributed by atoms with Gasteiger partial charge in [0.1, 0.15) is 11.5 Å². The second kappa shape index (κ2) is 9.85. The molecule has 0 heterocycles. The summed E-state index contributed by atoms with van der Waals surface area (Å²) in [6.45, 7) is -0.446. The van der Waals surface area contributed by atoms with Crippen molar-refractivity contribution in [1.29, 1.82) is 0 Å². The maximum absolute atomic E-state index is 11.8. The van der Waals surface area contributed by atoms with Crippen LogP contribution in [0, 0.1) is 0 Å². The molecule has 0 saturated heterocycles. The topological polar surface area (TPSA) is 73.9 Å². The van der Waals surface area contributed by atoms with Crippen molar-refractivity contribution in [3.63, 3.8) is 0 Å². The Morgan fingerprint density at radius 2 is 1.81 bits per heavy atom. The molecule has 1 N–H and O–H groups in total. The minimum Gasteiger partial charge on any atom is -0.497 e. The summed E-state index contributed by atoms with van der Waals surface area (Å²) < 4.78 is 15.3. The first-order valence-corrected chi connectivity index (χ1v) is 8.50. The molecular formula is C19H17Cl2NO5. The van der Waals surface area contributed by atoms with Crippen molar-refractivity contribution in [1.82, 2.24) is 0 Å². The number of nitrogens with one attached hydrogen (secondary N) is 1. The lowest BCUT2D eigenvalue weighted by atomic mass is 10.1. The van der Waals surface area contributed by atoms with Gasteiger partial charge < -0.3 is 19.5 Å². The molecule has 0 spiro atoms. The van der Waals surface area contributed by atoms with E-state index in [1.54, 1.807) is 30.3 Å². The molecule has 0 atom stereocenters. The molecule has 1 amide bonds. The van der Waals surface area contributed by atoms with E-state index in [1.165, 1.54) is 32.4 Å². The summed E-state index contributed by atoms with van der Waals surface area (Å²) >= 11 is 11.7. The van der Waals surface area contributed by atoms with E-state index in [0.29, 0.717) is 32.8 Å². The summed E-state index contributed by atoms with van der Waals surface area (Å²) in [4.78, 5) is 23.7. The minimum absolute atomic E-state index is 0.307. The summed E-state index contributed by atoms with van der Waals surface area (Å²) in [6, 6.07) is 9.80. The highest BCUT2D eigenvalue weighted by Gasteiger charge is 2.08. The van der Waals surface area contributed by atoms with Crippen LogP contribution in [0.1, 0.15) is 5.56 Å². The van der Waals surface area contributed by atoms with Crippen LogP contribution in [0.3, 0.4) is 0 Å². The van der Waals surface area contributed by atoms with Gasteiger partial charge in [0.2, 0.25) is 0 Å². The molecular weight excluding hydrogens is 393 g/mol. The third kappa shape index (κ3) is 6.20. The Morgan fingerprint density at radius 3 is 2.48 bits per heavy atom. The van der Waals surface area contributed by atoms with Gasteiger partial charge in [0, 0.05) is 17.3 Å². The molecule has 0 aliphatic rings. The number of ether oxygens (including phenoxy) is 3. The van der Waals surface area contributed by atoms with Gasteiger partial charge in [-0.2, -0.15) is 0 Å². The predicted molar refractivity (Wildman–Crippen MR) is 105 cm³/mol. The number of carbonyl (C=O) groups excluding carboxylic acids is 2. The van der Waals surface area contributed by atoms with Crippen molar-refractivity contribution in [3.8, 4) is 11.5 Å². The zero-order chi connectivity index (χ0) is 19.8. The van der Waals surface area contributed by atoms with Crippen LogP contribution in [0.15, 0.2) is 42.5 Å². The van der Waals surface area contributed by atoms with Crippen LogP contribution in [0.5, 0.6) is 11.5 Å². The number of hydrogen-bond acceptors (Lipinski definition) is 5. The van der Waals surface area contributed by atoms with Crippen LogP contribution in [0.2, 0.25) is 10.0 Å². The normalized spacial score (nSPS) is 10.5. The quantitative estimate of drug-likeness (QED) is 0.547. The van der Waals surface area contributed by atoms with E-state index in [1.807, 2.05) is 0 Å². The minimum atomic E-state index is -0.677. The maximum atomic E-state index is 11.8. The zero-order valence-electron chi connectivity index (χ0n) is 14.6. The van der Waals surface area contributed by atoms with Crippen molar-refractivity contribution < 1.29 is 23.8 Å². The zero-order valence-corrected chi connectivity index (χ0v) is 16.1. The number of hydrogen-bond donors (Lipinski definition) is 1. The highest BCUT2D eigenvalue weighted by molar-refractivity contribution is 6.42. The predicted octanol–water partition coefficient (Wildman–Crippen LogP) is 4.21. The lowest BCUT2D eigenvalue weighted by Crippen LogP contribution is -2.20. The van der Waals surface area contributed by atoms with Crippen molar-refractivity contribution >= 4 is 46.8 Å². The van der Waals surface area contributed by atoms with Crippen molar-refractivity contribution in [2.24, 2.45) is 0 Å². The fourth-order valence-electron chi connectivity index (χ4n) is 2.08. The van der Waals surface area contributed by atoms with Crippen LogP contribution >= 0.6 is 23.2 Å². The monoisotopic (exact) mass is 409 g/mol. The largest absolute Gasteiger partial charge is 0.497 e. The van der Waals surface area contributed by atoms with Gasteiger partial charge in [-0.3, -0.25) is 4.79 Å². The highest BCUT2D eigenvalue weighted by atomic mass is 35.5. The first-order chi connectivity index (χ1) is 12.9. The first-order valence-electron chi connectivity index (χ1n) is 7.74. The second-order valence-corrected chi connectivity index (χ2v) is 6.04. The summed E-state index contributed by atoms with van der Waals surface area (Å²) in [5, 5.41) is 3.23. The Labute approximate surface area is 166 Å². The van der Waals surface area contributed by atoms with Crippen molar-refractivity contribution in [2.45, 2.75) is 0 Å². The van der Waals surface area contributed by atoms with E-state index < -0.39 is 18.5 Å².